The van der Waals surface area contributed by atoms with Gasteiger partial charge < -0.3 is 4.57 Å². The first-order valence-corrected chi connectivity index (χ1v) is 6.85. The molecule has 0 aliphatic rings. The van der Waals surface area contributed by atoms with Gasteiger partial charge in [-0.1, -0.05) is 31.5 Å². The van der Waals surface area contributed by atoms with Crippen LogP contribution in [0.25, 0.3) is 11.0 Å². The molecule has 92 valence electrons. The van der Waals surface area contributed by atoms with Crippen molar-refractivity contribution in [2.75, 3.05) is 0 Å². The summed E-state index contributed by atoms with van der Waals surface area (Å²) < 4.78 is 2.23. The molecule has 0 atom stereocenters. The third-order valence-corrected chi connectivity index (χ3v) is 3.72. The van der Waals surface area contributed by atoms with Gasteiger partial charge in [0.05, 0.1) is 16.4 Å². The zero-order chi connectivity index (χ0) is 12.4. The smallest absolute Gasteiger partial charge is 0.125 e. The normalized spacial score (nSPS) is 11.6. The minimum absolute atomic E-state index is 0.418. The minimum Gasteiger partial charge on any atom is -0.324 e. The molecular weight excluding hydrogens is 255 g/mol. The summed E-state index contributed by atoms with van der Waals surface area (Å²) in [5.74, 6) is 1.32. The highest BCUT2D eigenvalue weighted by molar-refractivity contribution is 6.35. The number of para-hydroxylation sites is 1. The third-order valence-electron chi connectivity index (χ3n) is 3.17. The SMILES string of the molecule is CCC(CC)n1c(CCl)nc2c(Cl)cccc21. The van der Waals surface area contributed by atoms with Crippen LogP contribution in [0.3, 0.4) is 0 Å². The van der Waals surface area contributed by atoms with Crippen molar-refractivity contribution in [2.45, 2.75) is 38.6 Å². The van der Waals surface area contributed by atoms with Crippen LogP contribution in [0, 0.1) is 0 Å². The van der Waals surface area contributed by atoms with Crippen LogP contribution in [0.1, 0.15) is 38.6 Å². The van der Waals surface area contributed by atoms with Gasteiger partial charge in [-0.05, 0) is 25.0 Å². The van der Waals surface area contributed by atoms with E-state index in [4.69, 9.17) is 23.2 Å². The van der Waals surface area contributed by atoms with E-state index in [-0.39, 0.29) is 0 Å². The molecule has 1 aromatic heterocycles. The number of fused-ring (bicyclic) bond motifs is 1. The molecule has 0 N–H and O–H groups in total. The predicted molar refractivity (Wildman–Crippen MR) is 73.9 cm³/mol. The molecule has 0 saturated heterocycles. The Kier molecular flexibility index (Phi) is 3.95. The number of hydrogen-bond donors (Lipinski definition) is 0. The molecule has 0 bridgehead atoms. The first-order valence-electron chi connectivity index (χ1n) is 5.94. The molecule has 2 aromatic rings. The lowest BCUT2D eigenvalue weighted by molar-refractivity contribution is 0.472. The zero-order valence-electron chi connectivity index (χ0n) is 10.1. The highest BCUT2D eigenvalue weighted by atomic mass is 35.5. The maximum Gasteiger partial charge on any atom is 0.125 e. The number of aromatic nitrogens is 2. The molecule has 0 unspecified atom stereocenters. The Bertz CT molecular complexity index is 515. The van der Waals surface area contributed by atoms with Crippen LogP contribution in [0.15, 0.2) is 18.2 Å². The maximum atomic E-state index is 6.17. The van der Waals surface area contributed by atoms with Gasteiger partial charge in [-0.2, -0.15) is 0 Å². The van der Waals surface area contributed by atoms with E-state index in [1.165, 1.54) is 0 Å². The molecule has 17 heavy (non-hydrogen) atoms. The van der Waals surface area contributed by atoms with E-state index in [2.05, 4.69) is 29.5 Å². The summed E-state index contributed by atoms with van der Waals surface area (Å²) in [7, 11) is 0. The van der Waals surface area contributed by atoms with Crippen LogP contribution in [-0.2, 0) is 5.88 Å². The van der Waals surface area contributed by atoms with Crippen LogP contribution < -0.4 is 0 Å². The van der Waals surface area contributed by atoms with Crippen molar-refractivity contribution in [1.29, 1.82) is 0 Å². The van der Waals surface area contributed by atoms with Crippen molar-refractivity contribution in [2.24, 2.45) is 0 Å². The van der Waals surface area contributed by atoms with E-state index in [1.807, 2.05) is 12.1 Å². The molecule has 2 nitrogen and oxygen atoms in total. The summed E-state index contributed by atoms with van der Waals surface area (Å²) in [6.07, 6.45) is 2.14. The van der Waals surface area contributed by atoms with Crippen molar-refractivity contribution < 1.29 is 0 Å². The van der Waals surface area contributed by atoms with Gasteiger partial charge >= 0.3 is 0 Å². The molecule has 4 heteroatoms. The summed E-state index contributed by atoms with van der Waals surface area (Å²) in [5, 5.41) is 0.693. The largest absolute Gasteiger partial charge is 0.324 e. The third kappa shape index (κ3) is 2.16. The second-order valence-corrected chi connectivity index (χ2v) is 4.78. The summed E-state index contributed by atoms with van der Waals surface area (Å²) >= 11 is 12.2. The average Bonchev–Trinajstić information content (AvgIpc) is 2.72. The average molecular weight is 271 g/mol. The quantitative estimate of drug-likeness (QED) is 0.731. The van der Waals surface area contributed by atoms with E-state index in [9.17, 15) is 0 Å². The lowest BCUT2D eigenvalue weighted by Crippen LogP contribution is -2.09. The standard InChI is InChI=1S/C13H16Cl2N2/c1-3-9(4-2)17-11-7-5-6-10(15)13(11)16-12(17)8-14/h5-7,9H,3-4,8H2,1-2H3. The van der Waals surface area contributed by atoms with E-state index in [1.54, 1.807) is 0 Å². The Morgan fingerprint density at radius 2 is 2.00 bits per heavy atom. The van der Waals surface area contributed by atoms with Crippen molar-refractivity contribution >= 4 is 34.2 Å². The van der Waals surface area contributed by atoms with Crippen molar-refractivity contribution in [1.82, 2.24) is 9.55 Å². The zero-order valence-corrected chi connectivity index (χ0v) is 11.6. The van der Waals surface area contributed by atoms with E-state index in [0.29, 0.717) is 16.9 Å². The van der Waals surface area contributed by atoms with Gasteiger partial charge in [0.2, 0.25) is 0 Å². The Hall–Kier alpha value is -0.730. The van der Waals surface area contributed by atoms with Gasteiger partial charge in [0.25, 0.3) is 0 Å². The first-order chi connectivity index (χ1) is 8.22. The van der Waals surface area contributed by atoms with Gasteiger partial charge in [-0.25, -0.2) is 4.98 Å². The second-order valence-electron chi connectivity index (χ2n) is 4.11. The summed E-state index contributed by atoms with van der Waals surface area (Å²) in [6, 6.07) is 6.32. The number of alkyl halides is 1. The molecule has 1 heterocycles. The van der Waals surface area contributed by atoms with Gasteiger partial charge in [0, 0.05) is 6.04 Å². The monoisotopic (exact) mass is 270 g/mol. The van der Waals surface area contributed by atoms with Crippen molar-refractivity contribution in [3.63, 3.8) is 0 Å². The van der Waals surface area contributed by atoms with Gasteiger partial charge in [-0.15, -0.1) is 11.6 Å². The van der Waals surface area contributed by atoms with Crippen LogP contribution in [-0.4, -0.2) is 9.55 Å². The fourth-order valence-electron chi connectivity index (χ4n) is 2.29. The Balaban J connectivity index is 2.70. The first kappa shape index (κ1) is 12.7. The summed E-state index contributed by atoms with van der Waals surface area (Å²) in [5.41, 5.74) is 1.94. The molecule has 0 aliphatic heterocycles. The molecule has 0 aliphatic carbocycles. The van der Waals surface area contributed by atoms with E-state index >= 15 is 0 Å². The molecule has 0 spiro atoms. The molecular formula is C13H16Cl2N2. The fraction of sp³-hybridized carbons (Fsp3) is 0.462. The minimum atomic E-state index is 0.418. The van der Waals surface area contributed by atoms with Gasteiger partial charge in [0.15, 0.2) is 0 Å². The summed E-state index contributed by atoms with van der Waals surface area (Å²) in [4.78, 5) is 4.55. The molecule has 0 saturated carbocycles. The Morgan fingerprint density at radius 1 is 1.29 bits per heavy atom. The summed E-state index contributed by atoms with van der Waals surface area (Å²) in [6.45, 7) is 4.37. The highest BCUT2D eigenvalue weighted by Gasteiger charge is 2.17. The van der Waals surface area contributed by atoms with E-state index in [0.717, 1.165) is 29.7 Å². The van der Waals surface area contributed by atoms with E-state index < -0.39 is 0 Å². The molecule has 2 rings (SSSR count). The number of halogens is 2. The molecule has 0 amide bonds. The van der Waals surface area contributed by atoms with Gasteiger partial charge in [-0.3, -0.25) is 0 Å². The van der Waals surface area contributed by atoms with Crippen LogP contribution in [0.4, 0.5) is 0 Å². The van der Waals surface area contributed by atoms with Crippen LogP contribution in [0.5, 0.6) is 0 Å². The number of benzene rings is 1. The lowest BCUT2D eigenvalue weighted by atomic mass is 10.1. The number of hydrogen-bond acceptors (Lipinski definition) is 1. The second kappa shape index (κ2) is 5.28. The number of rotatable bonds is 4. The number of nitrogens with zero attached hydrogens (tertiary/aromatic N) is 2. The maximum absolute atomic E-state index is 6.17. The topological polar surface area (TPSA) is 17.8 Å². The number of imidazole rings is 1. The van der Waals surface area contributed by atoms with Crippen molar-refractivity contribution in [3.8, 4) is 0 Å². The highest BCUT2D eigenvalue weighted by Crippen LogP contribution is 2.29. The lowest BCUT2D eigenvalue weighted by Gasteiger charge is -2.18. The predicted octanol–water partition coefficient (Wildman–Crippen LogP) is 4.79. The Morgan fingerprint density at radius 3 is 2.59 bits per heavy atom. The molecule has 0 fully saturated rings. The fourth-order valence-corrected chi connectivity index (χ4v) is 2.69. The van der Waals surface area contributed by atoms with Crippen LogP contribution >= 0.6 is 23.2 Å². The molecule has 0 radical (unpaired) electrons. The van der Waals surface area contributed by atoms with Gasteiger partial charge in [0.1, 0.15) is 11.3 Å². The molecule has 1 aromatic carbocycles. The van der Waals surface area contributed by atoms with Crippen LogP contribution in [0.2, 0.25) is 5.02 Å². The van der Waals surface area contributed by atoms with Crippen molar-refractivity contribution in [3.05, 3.63) is 29.0 Å². The Labute approximate surface area is 112 Å².